The summed E-state index contributed by atoms with van der Waals surface area (Å²) in [6, 6.07) is 0. The number of carbonyl (C=O) groups is 1. The average Bonchev–Trinajstić information content (AvgIpc) is 2.19. The van der Waals surface area contributed by atoms with E-state index in [2.05, 4.69) is 19.1 Å². The molecule has 0 amide bonds. The summed E-state index contributed by atoms with van der Waals surface area (Å²) >= 11 is 0. The number of carboxylic acids is 1. The van der Waals surface area contributed by atoms with E-state index in [9.17, 15) is 4.79 Å². The number of hydrogen-bond donors (Lipinski definition) is 1. The lowest BCUT2D eigenvalue weighted by Crippen LogP contribution is -2.20. The van der Waals surface area contributed by atoms with Gasteiger partial charge in [-0.05, 0) is 38.0 Å². The van der Waals surface area contributed by atoms with Gasteiger partial charge in [-0.3, -0.25) is 4.79 Å². The Morgan fingerprint density at radius 3 is 2.50 bits per heavy atom. The van der Waals surface area contributed by atoms with E-state index in [1.165, 1.54) is 6.42 Å². The third kappa shape index (κ3) is 3.52. The number of rotatable bonds is 4. The first kappa shape index (κ1) is 11.3. The summed E-state index contributed by atoms with van der Waals surface area (Å²) in [4.78, 5) is 10.7. The fourth-order valence-electron chi connectivity index (χ4n) is 2.01. The van der Waals surface area contributed by atoms with Gasteiger partial charge in [-0.25, -0.2) is 0 Å². The normalized spacial score (nSPS) is 28.1. The molecule has 1 aliphatic carbocycles. The van der Waals surface area contributed by atoms with Crippen molar-refractivity contribution >= 4 is 5.97 Å². The van der Waals surface area contributed by atoms with Crippen LogP contribution in [0.25, 0.3) is 0 Å². The molecular weight excluding hydrogens is 176 g/mol. The first-order valence-corrected chi connectivity index (χ1v) is 5.63. The first-order valence-electron chi connectivity index (χ1n) is 5.63. The molecule has 0 bridgehead atoms. The average molecular weight is 196 g/mol. The second kappa shape index (κ2) is 5.84. The number of aliphatic carboxylic acids is 1. The lowest BCUT2D eigenvalue weighted by Gasteiger charge is -2.23. The molecule has 0 radical (unpaired) electrons. The van der Waals surface area contributed by atoms with Crippen LogP contribution in [0, 0.1) is 11.8 Å². The van der Waals surface area contributed by atoms with Crippen molar-refractivity contribution in [2.75, 3.05) is 0 Å². The van der Waals surface area contributed by atoms with E-state index < -0.39 is 5.97 Å². The fraction of sp³-hybridized carbons (Fsp3) is 0.750. The highest BCUT2D eigenvalue weighted by molar-refractivity contribution is 5.70. The maximum Gasteiger partial charge on any atom is 0.306 e. The van der Waals surface area contributed by atoms with E-state index in [1.807, 2.05) is 0 Å². The molecule has 0 saturated heterocycles. The monoisotopic (exact) mass is 196 g/mol. The number of unbranched alkanes of at least 4 members (excludes halogenated alkanes) is 1. The first-order chi connectivity index (χ1) is 6.74. The van der Waals surface area contributed by atoms with Gasteiger partial charge in [-0.1, -0.05) is 25.5 Å². The summed E-state index contributed by atoms with van der Waals surface area (Å²) in [7, 11) is 0. The molecule has 0 spiro atoms. The van der Waals surface area contributed by atoms with Crippen molar-refractivity contribution in [3.8, 4) is 0 Å². The third-order valence-electron chi connectivity index (χ3n) is 2.98. The molecule has 2 nitrogen and oxygen atoms in total. The third-order valence-corrected chi connectivity index (χ3v) is 2.98. The Kier molecular flexibility index (Phi) is 4.71. The van der Waals surface area contributed by atoms with Gasteiger partial charge < -0.3 is 5.11 Å². The highest BCUT2D eigenvalue weighted by Gasteiger charge is 2.24. The van der Waals surface area contributed by atoms with E-state index in [1.54, 1.807) is 0 Å². The zero-order valence-electron chi connectivity index (χ0n) is 8.91. The predicted octanol–water partition coefficient (Wildman–Crippen LogP) is 3.23. The van der Waals surface area contributed by atoms with Gasteiger partial charge in [0.2, 0.25) is 0 Å². The minimum absolute atomic E-state index is 0.0779. The highest BCUT2D eigenvalue weighted by atomic mass is 16.4. The van der Waals surface area contributed by atoms with E-state index in [0.29, 0.717) is 5.92 Å². The molecule has 14 heavy (non-hydrogen) atoms. The number of allylic oxidation sites excluding steroid dienone is 2. The van der Waals surface area contributed by atoms with E-state index in [4.69, 9.17) is 5.11 Å². The van der Waals surface area contributed by atoms with Crippen LogP contribution in [0.1, 0.15) is 45.4 Å². The topological polar surface area (TPSA) is 37.3 Å². The highest BCUT2D eigenvalue weighted by Crippen LogP contribution is 2.29. The van der Waals surface area contributed by atoms with Crippen LogP contribution in [-0.2, 0) is 4.79 Å². The summed E-state index contributed by atoms with van der Waals surface area (Å²) in [5.41, 5.74) is 0. The molecular formula is C12H20O2. The Hall–Kier alpha value is -0.790. The molecule has 0 aromatic heterocycles. The van der Waals surface area contributed by atoms with Crippen molar-refractivity contribution in [1.82, 2.24) is 0 Å². The van der Waals surface area contributed by atoms with Crippen molar-refractivity contribution in [2.24, 2.45) is 11.8 Å². The SMILES string of the molecule is CCCC=C[C@H]1CC[C@H](C(=O)O)CC1. The zero-order valence-corrected chi connectivity index (χ0v) is 8.91. The van der Waals surface area contributed by atoms with Crippen molar-refractivity contribution in [2.45, 2.75) is 45.4 Å². The summed E-state index contributed by atoms with van der Waals surface area (Å²) in [6.07, 6.45) is 10.7. The van der Waals surface area contributed by atoms with Crippen LogP contribution in [0.5, 0.6) is 0 Å². The van der Waals surface area contributed by atoms with Crippen LogP contribution < -0.4 is 0 Å². The van der Waals surface area contributed by atoms with Gasteiger partial charge >= 0.3 is 5.97 Å². The lowest BCUT2D eigenvalue weighted by molar-refractivity contribution is -0.142. The Morgan fingerprint density at radius 2 is 2.00 bits per heavy atom. The molecule has 1 aliphatic rings. The Balaban J connectivity index is 2.25. The van der Waals surface area contributed by atoms with Gasteiger partial charge in [0.1, 0.15) is 0 Å². The maximum atomic E-state index is 10.7. The quantitative estimate of drug-likeness (QED) is 0.701. The molecule has 1 rings (SSSR count). The van der Waals surface area contributed by atoms with E-state index in [-0.39, 0.29) is 5.92 Å². The molecule has 0 heterocycles. The summed E-state index contributed by atoms with van der Waals surface area (Å²) in [5.74, 6) is -0.0519. The maximum absolute atomic E-state index is 10.7. The van der Waals surface area contributed by atoms with Gasteiger partial charge in [-0.2, -0.15) is 0 Å². The summed E-state index contributed by atoms with van der Waals surface area (Å²) in [6.45, 7) is 2.17. The molecule has 0 aromatic carbocycles. The smallest absolute Gasteiger partial charge is 0.306 e. The molecule has 0 aromatic rings. The Morgan fingerprint density at radius 1 is 1.36 bits per heavy atom. The molecule has 0 unspecified atom stereocenters. The standard InChI is InChI=1S/C12H20O2/c1-2-3-4-5-10-6-8-11(9-7-10)12(13)14/h4-5,10-11H,2-3,6-9H2,1H3,(H,13,14)/t10-,11-. The van der Waals surface area contributed by atoms with Gasteiger partial charge in [-0.15, -0.1) is 0 Å². The predicted molar refractivity (Wildman–Crippen MR) is 57.1 cm³/mol. The van der Waals surface area contributed by atoms with Crippen LogP contribution >= 0.6 is 0 Å². The van der Waals surface area contributed by atoms with Crippen LogP contribution in [-0.4, -0.2) is 11.1 Å². The molecule has 2 heteroatoms. The molecule has 0 aliphatic heterocycles. The van der Waals surface area contributed by atoms with Gasteiger partial charge in [0, 0.05) is 0 Å². The fourth-order valence-corrected chi connectivity index (χ4v) is 2.01. The Labute approximate surface area is 86.0 Å². The lowest BCUT2D eigenvalue weighted by atomic mass is 9.82. The van der Waals surface area contributed by atoms with Crippen molar-refractivity contribution in [1.29, 1.82) is 0 Å². The van der Waals surface area contributed by atoms with E-state index in [0.717, 1.165) is 32.1 Å². The number of hydrogen-bond acceptors (Lipinski definition) is 1. The van der Waals surface area contributed by atoms with Crippen molar-refractivity contribution in [3.05, 3.63) is 12.2 Å². The summed E-state index contributed by atoms with van der Waals surface area (Å²) < 4.78 is 0. The van der Waals surface area contributed by atoms with Gasteiger partial charge in [0.25, 0.3) is 0 Å². The van der Waals surface area contributed by atoms with E-state index >= 15 is 0 Å². The van der Waals surface area contributed by atoms with Crippen LogP contribution in [0.2, 0.25) is 0 Å². The van der Waals surface area contributed by atoms with Crippen LogP contribution in [0.3, 0.4) is 0 Å². The molecule has 1 fully saturated rings. The molecule has 80 valence electrons. The van der Waals surface area contributed by atoms with Gasteiger partial charge in [0.15, 0.2) is 0 Å². The molecule has 1 saturated carbocycles. The van der Waals surface area contributed by atoms with Crippen molar-refractivity contribution < 1.29 is 9.90 Å². The second-order valence-corrected chi connectivity index (χ2v) is 4.17. The van der Waals surface area contributed by atoms with Crippen molar-refractivity contribution in [3.63, 3.8) is 0 Å². The molecule has 0 atom stereocenters. The Bertz CT molecular complexity index is 200. The van der Waals surface area contributed by atoms with Crippen LogP contribution in [0.4, 0.5) is 0 Å². The van der Waals surface area contributed by atoms with Gasteiger partial charge in [0.05, 0.1) is 5.92 Å². The zero-order chi connectivity index (χ0) is 10.4. The minimum atomic E-state index is -0.610. The largest absolute Gasteiger partial charge is 0.481 e. The molecule has 1 N–H and O–H groups in total. The van der Waals surface area contributed by atoms with Crippen LogP contribution in [0.15, 0.2) is 12.2 Å². The second-order valence-electron chi connectivity index (χ2n) is 4.17. The minimum Gasteiger partial charge on any atom is -0.481 e. The number of carboxylic acid groups (broad SMARTS) is 1. The summed E-state index contributed by atoms with van der Waals surface area (Å²) in [5, 5.41) is 8.82.